The van der Waals surface area contributed by atoms with Gasteiger partial charge < -0.3 is 0 Å². The Morgan fingerprint density at radius 3 is 3.15 bits per heavy atom. The van der Waals surface area contributed by atoms with Crippen molar-refractivity contribution in [3.05, 3.63) is 23.3 Å². The molecule has 0 saturated carbocycles. The van der Waals surface area contributed by atoms with Gasteiger partial charge in [0.2, 0.25) is 0 Å². The highest BCUT2D eigenvalue weighted by Crippen LogP contribution is 2.20. The number of H-pyrrole nitrogens is 1. The number of nitrogens with zero attached hydrogens (tertiary/aromatic N) is 2. The standard InChI is InChI=1S/C9H11N3S/c1-2-4-8-10-9(12-11-8)7-5-3-6-13-7/h3,5-6H,2,4H2,1H3,(H,10,11,12). The lowest BCUT2D eigenvalue weighted by atomic mass is 10.3. The van der Waals surface area contributed by atoms with Crippen LogP contribution >= 0.6 is 11.3 Å². The second-order valence-corrected chi connectivity index (χ2v) is 3.78. The monoisotopic (exact) mass is 193 g/mol. The van der Waals surface area contributed by atoms with E-state index in [-0.39, 0.29) is 0 Å². The Balaban J connectivity index is 2.23. The van der Waals surface area contributed by atoms with E-state index in [1.54, 1.807) is 11.3 Å². The molecule has 0 aromatic carbocycles. The molecule has 68 valence electrons. The van der Waals surface area contributed by atoms with Gasteiger partial charge in [-0.05, 0) is 17.9 Å². The number of aromatic nitrogens is 3. The molecule has 0 unspecified atom stereocenters. The third-order valence-electron chi connectivity index (χ3n) is 1.76. The summed E-state index contributed by atoms with van der Waals surface area (Å²) in [6, 6.07) is 4.04. The van der Waals surface area contributed by atoms with E-state index in [1.165, 1.54) is 0 Å². The first kappa shape index (κ1) is 8.44. The first-order chi connectivity index (χ1) is 6.40. The largest absolute Gasteiger partial charge is 0.263 e. The first-order valence-corrected chi connectivity index (χ1v) is 5.23. The van der Waals surface area contributed by atoms with E-state index in [1.807, 2.05) is 17.5 Å². The summed E-state index contributed by atoms with van der Waals surface area (Å²) in [4.78, 5) is 5.51. The maximum atomic E-state index is 4.39. The summed E-state index contributed by atoms with van der Waals surface area (Å²) >= 11 is 1.66. The SMILES string of the molecule is CCCc1nc(-c2cccs2)n[nH]1. The molecular formula is C9H11N3S. The van der Waals surface area contributed by atoms with Crippen LogP contribution in [0, 0.1) is 0 Å². The summed E-state index contributed by atoms with van der Waals surface area (Å²) in [5, 5.41) is 9.13. The third-order valence-corrected chi connectivity index (χ3v) is 2.63. The van der Waals surface area contributed by atoms with Crippen LogP contribution in [0.1, 0.15) is 19.2 Å². The van der Waals surface area contributed by atoms with Gasteiger partial charge in [-0.3, -0.25) is 5.10 Å². The minimum atomic E-state index is 0.818. The van der Waals surface area contributed by atoms with Crippen LogP contribution in [0.2, 0.25) is 0 Å². The summed E-state index contributed by atoms with van der Waals surface area (Å²) in [7, 11) is 0. The Kier molecular flexibility index (Phi) is 2.40. The number of hydrogen-bond donors (Lipinski definition) is 1. The normalized spacial score (nSPS) is 10.5. The van der Waals surface area contributed by atoms with Crippen molar-refractivity contribution in [2.45, 2.75) is 19.8 Å². The van der Waals surface area contributed by atoms with Crippen molar-refractivity contribution in [3.8, 4) is 10.7 Å². The van der Waals surface area contributed by atoms with Gasteiger partial charge in [-0.2, -0.15) is 5.10 Å². The molecule has 0 aliphatic heterocycles. The predicted molar refractivity (Wildman–Crippen MR) is 53.7 cm³/mol. The number of rotatable bonds is 3. The molecule has 4 heteroatoms. The lowest BCUT2D eigenvalue weighted by molar-refractivity contribution is 0.841. The molecule has 2 rings (SSSR count). The molecule has 0 spiro atoms. The zero-order chi connectivity index (χ0) is 9.10. The van der Waals surface area contributed by atoms with Crippen molar-refractivity contribution in [3.63, 3.8) is 0 Å². The fourth-order valence-corrected chi connectivity index (χ4v) is 1.82. The summed E-state index contributed by atoms with van der Waals surface area (Å²) in [6.45, 7) is 2.13. The van der Waals surface area contributed by atoms with Crippen molar-refractivity contribution in [2.24, 2.45) is 0 Å². The second kappa shape index (κ2) is 3.70. The van der Waals surface area contributed by atoms with Crippen molar-refractivity contribution in [1.29, 1.82) is 0 Å². The van der Waals surface area contributed by atoms with Gasteiger partial charge in [-0.25, -0.2) is 4.98 Å². The van der Waals surface area contributed by atoms with Gasteiger partial charge in [0.1, 0.15) is 5.82 Å². The van der Waals surface area contributed by atoms with Crippen molar-refractivity contribution < 1.29 is 0 Å². The fraction of sp³-hybridized carbons (Fsp3) is 0.333. The highest BCUT2D eigenvalue weighted by Gasteiger charge is 2.04. The van der Waals surface area contributed by atoms with E-state index in [4.69, 9.17) is 0 Å². The molecular weight excluding hydrogens is 182 g/mol. The Morgan fingerprint density at radius 2 is 2.46 bits per heavy atom. The van der Waals surface area contributed by atoms with Gasteiger partial charge >= 0.3 is 0 Å². The van der Waals surface area contributed by atoms with Gasteiger partial charge in [0, 0.05) is 6.42 Å². The fourth-order valence-electron chi connectivity index (χ4n) is 1.16. The van der Waals surface area contributed by atoms with Gasteiger partial charge in [-0.15, -0.1) is 11.3 Å². The van der Waals surface area contributed by atoms with Gasteiger partial charge in [0.05, 0.1) is 4.88 Å². The summed E-state index contributed by atoms with van der Waals surface area (Å²) in [5.41, 5.74) is 0. The molecule has 3 nitrogen and oxygen atoms in total. The average molecular weight is 193 g/mol. The smallest absolute Gasteiger partial charge is 0.191 e. The van der Waals surface area contributed by atoms with E-state index in [2.05, 4.69) is 22.1 Å². The molecule has 2 heterocycles. The number of aryl methyl sites for hydroxylation is 1. The Labute approximate surface area is 80.8 Å². The minimum absolute atomic E-state index is 0.818. The molecule has 13 heavy (non-hydrogen) atoms. The van der Waals surface area contributed by atoms with Gasteiger partial charge in [0.25, 0.3) is 0 Å². The predicted octanol–water partition coefficient (Wildman–Crippen LogP) is 2.49. The Morgan fingerprint density at radius 1 is 1.54 bits per heavy atom. The molecule has 0 bridgehead atoms. The van der Waals surface area contributed by atoms with Crippen LogP contribution < -0.4 is 0 Å². The van der Waals surface area contributed by atoms with E-state index in [0.29, 0.717) is 0 Å². The highest BCUT2D eigenvalue weighted by atomic mass is 32.1. The third kappa shape index (κ3) is 1.78. The number of nitrogens with one attached hydrogen (secondary N) is 1. The summed E-state index contributed by atoms with van der Waals surface area (Å²) in [6.07, 6.45) is 2.07. The topological polar surface area (TPSA) is 41.6 Å². The van der Waals surface area contributed by atoms with Crippen LogP contribution in [0.3, 0.4) is 0 Å². The number of aromatic amines is 1. The van der Waals surface area contributed by atoms with Crippen LogP contribution in [0.15, 0.2) is 17.5 Å². The molecule has 2 aromatic rings. The van der Waals surface area contributed by atoms with Gasteiger partial charge in [0.15, 0.2) is 5.82 Å². The van der Waals surface area contributed by atoms with E-state index in [0.717, 1.165) is 29.4 Å². The molecule has 0 amide bonds. The van der Waals surface area contributed by atoms with Gasteiger partial charge in [-0.1, -0.05) is 13.0 Å². The number of hydrogen-bond acceptors (Lipinski definition) is 3. The van der Waals surface area contributed by atoms with E-state index >= 15 is 0 Å². The van der Waals surface area contributed by atoms with Crippen molar-refractivity contribution >= 4 is 11.3 Å². The molecule has 0 aliphatic rings. The van der Waals surface area contributed by atoms with Crippen LogP contribution in [0.4, 0.5) is 0 Å². The molecule has 2 aromatic heterocycles. The maximum absolute atomic E-state index is 4.39. The summed E-state index contributed by atoms with van der Waals surface area (Å²) in [5.74, 6) is 1.80. The van der Waals surface area contributed by atoms with Crippen LogP contribution in [0.25, 0.3) is 10.7 Å². The maximum Gasteiger partial charge on any atom is 0.191 e. The molecule has 0 saturated heterocycles. The zero-order valence-corrected chi connectivity index (χ0v) is 8.27. The van der Waals surface area contributed by atoms with E-state index < -0.39 is 0 Å². The molecule has 0 fully saturated rings. The van der Waals surface area contributed by atoms with Crippen molar-refractivity contribution in [2.75, 3.05) is 0 Å². The molecule has 0 atom stereocenters. The molecule has 0 aliphatic carbocycles. The average Bonchev–Trinajstić information content (AvgIpc) is 2.70. The first-order valence-electron chi connectivity index (χ1n) is 4.35. The van der Waals surface area contributed by atoms with Crippen LogP contribution in [0.5, 0.6) is 0 Å². The molecule has 1 N–H and O–H groups in total. The molecule has 0 radical (unpaired) electrons. The number of thiophene rings is 1. The highest BCUT2D eigenvalue weighted by molar-refractivity contribution is 7.13. The second-order valence-electron chi connectivity index (χ2n) is 2.83. The van der Waals surface area contributed by atoms with Crippen LogP contribution in [-0.2, 0) is 6.42 Å². The Bertz CT molecular complexity index is 364. The zero-order valence-electron chi connectivity index (χ0n) is 7.45. The van der Waals surface area contributed by atoms with E-state index in [9.17, 15) is 0 Å². The lowest BCUT2D eigenvalue weighted by Gasteiger charge is -1.86. The van der Waals surface area contributed by atoms with Crippen LogP contribution in [-0.4, -0.2) is 15.2 Å². The Hall–Kier alpha value is -1.16. The lowest BCUT2D eigenvalue weighted by Crippen LogP contribution is -1.84. The quantitative estimate of drug-likeness (QED) is 0.813. The van der Waals surface area contributed by atoms with Crippen molar-refractivity contribution in [1.82, 2.24) is 15.2 Å². The summed E-state index contributed by atoms with van der Waals surface area (Å²) < 4.78 is 0. The minimum Gasteiger partial charge on any atom is -0.263 e.